The molecule has 104 valence electrons. The predicted octanol–water partition coefficient (Wildman–Crippen LogP) is 1.60. The Morgan fingerprint density at radius 1 is 1.37 bits per heavy atom. The summed E-state index contributed by atoms with van der Waals surface area (Å²) in [6.07, 6.45) is 6.55. The van der Waals surface area contributed by atoms with Gasteiger partial charge in [-0.15, -0.1) is 0 Å². The molecule has 1 aliphatic heterocycles. The van der Waals surface area contributed by atoms with Gasteiger partial charge in [-0.1, -0.05) is 24.4 Å². The number of hydrogen-bond acceptors (Lipinski definition) is 4. The van der Waals surface area contributed by atoms with Gasteiger partial charge in [0.05, 0.1) is 18.8 Å². The molecule has 5 nitrogen and oxygen atoms in total. The van der Waals surface area contributed by atoms with Crippen molar-refractivity contribution < 1.29 is 9.32 Å². The lowest BCUT2D eigenvalue weighted by Crippen LogP contribution is -2.40. The van der Waals surface area contributed by atoms with Crippen molar-refractivity contribution in [3.63, 3.8) is 0 Å². The fraction of sp³-hybridized carbons (Fsp3) is 0.714. The van der Waals surface area contributed by atoms with Crippen LogP contribution in [0.3, 0.4) is 0 Å². The summed E-state index contributed by atoms with van der Waals surface area (Å²) in [5.74, 6) is 1.28. The van der Waals surface area contributed by atoms with Crippen LogP contribution in [0, 0.1) is 5.92 Å². The molecule has 0 bridgehead atoms. The first-order valence-electron chi connectivity index (χ1n) is 7.24. The Bertz CT molecular complexity index is 450. The minimum absolute atomic E-state index is 0.233. The normalized spacial score (nSPS) is 20.4. The van der Waals surface area contributed by atoms with Crippen LogP contribution in [-0.4, -0.2) is 22.5 Å². The van der Waals surface area contributed by atoms with Crippen molar-refractivity contribution in [2.24, 2.45) is 11.7 Å². The average Bonchev–Trinajstić information content (AvgIpc) is 2.89. The zero-order chi connectivity index (χ0) is 13.2. The molecule has 0 saturated heterocycles. The monoisotopic (exact) mass is 263 g/mol. The van der Waals surface area contributed by atoms with Crippen LogP contribution in [0.15, 0.2) is 4.52 Å². The van der Waals surface area contributed by atoms with E-state index in [1.807, 2.05) is 4.90 Å². The second kappa shape index (κ2) is 5.33. The largest absolute Gasteiger partial charge is 0.359 e. The first-order valence-corrected chi connectivity index (χ1v) is 7.24. The highest BCUT2D eigenvalue weighted by atomic mass is 16.5. The Kier molecular flexibility index (Phi) is 3.55. The summed E-state index contributed by atoms with van der Waals surface area (Å²) >= 11 is 0. The van der Waals surface area contributed by atoms with Gasteiger partial charge in [0.15, 0.2) is 5.76 Å². The van der Waals surface area contributed by atoms with Crippen LogP contribution in [0.4, 0.5) is 0 Å². The van der Waals surface area contributed by atoms with Crippen LogP contribution in [0.1, 0.15) is 49.1 Å². The number of aromatic nitrogens is 1. The lowest BCUT2D eigenvalue weighted by Gasteiger charge is -2.31. The molecule has 19 heavy (non-hydrogen) atoms. The summed E-state index contributed by atoms with van der Waals surface area (Å²) in [4.78, 5) is 14.5. The third-order valence-corrected chi connectivity index (χ3v) is 4.37. The zero-order valence-electron chi connectivity index (χ0n) is 11.2. The first-order chi connectivity index (χ1) is 9.29. The topological polar surface area (TPSA) is 72.4 Å². The first kappa shape index (κ1) is 12.7. The van der Waals surface area contributed by atoms with Gasteiger partial charge in [-0.2, -0.15) is 0 Å². The van der Waals surface area contributed by atoms with Gasteiger partial charge in [0, 0.05) is 24.4 Å². The van der Waals surface area contributed by atoms with Crippen LogP contribution in [0.25, 0.3) is 0 Å². The number of carbonyl (C=O) groups is 1. The Hall–Kier alpha value is -1.36. The van der Waals surface area contributed by atoms with E-state index in [9.17, 15) is 4.79 Å². The fourth-order valence-corrected chi connectivity index (χ4v) is 3.22. The van der Waals surface area contributed by atoms with E-state index in [0.717, 1.165) is 42.8 Å². The summed E-state index contributed by atoms with van der Waals surface area (Å²) in [6, 6.07) is 0. The molecule has 1 fully saturated rings. The number of nitrogens with zero attached hydrogens (tertiary/aromatic N) is 2. The van der Waals surface area contributed by atoms with Crippen molar-refractivity contribution >= 4 is 5.91 Å². The SMILES string of the molecule is NCc1onc2c1CN(C(=O)C1CCCCC1)CC2. The van der Waals surface area contributed by atoms with Crippen molar-refractivity contribution in [3.8, 4) is 0 Å². The molecule has 2 aliphatic rings. The lowest BCUT2D eigenvalue weighted by atomic mass is 9.87. The summed E-state index contributed by atoms with van der Waals surface area (Å²) in [5, 5.41) is 4.04. The van der Waals surface area contributed by atoms with Crippen LogP contribution in [0.5, 0.6) is 0 Å². The molecule has 0 aromatic carbocycles. The van der Waals surface area contributed by atoms with E-state index in [1.54, 1.807) is 0 Å². The standard InChI is InChI=1S/C14H21N3O2/c15-8-13-11-9-17(7-6-12(11)16-19-13)14(18)10-4-2-1-3-5-10/h10H,1-9,15H2. The molecule has 1 aliphatic carbocycles. The Balaban J connectivity index is 1.72. The second-order valence-corrected chi connectivity index (χ2v) is 5.58. The van der Waals surface area contributed by atoms with Gasteiger partial charge in [-0.05, 0) is 12.8 Å². The van der Waals surface area contributed by atoms with Crippen LogP contribution >= 0.6 is 0 Å². The third kappa shape index (κ3) is 2.39. The molecule has 2 N–H and O–H groups in total. The minimum atomic E-state index is 0.233. The second-order valence-electron chi connectivity index (χ2n) is 5.58. The zero-order valence-corrected chi connectivity index (χ0v) is 11.2. The maximum atomic E-state index is 12.5. The highest BCUT2D eigenvalue weighted by molar-refractivity contribution is 5.79. The highest BCUT2D eigenvalue weighted by Gasteiger charge is 2.30. The van der Waals surface area contributed by atoms with Gasteiger partial charge in [0.25, 0.3) is 0 Å². The molecule has 5 heteroatoms. The smallest absolute Gasteiger partial charge is 0.225 e. The molecule has 3 rings (SSSR count). The number of nitrogens with two attached hydrogens (primary N) is 1. The van der Waals surface area contributed by atoms with E-state index in [0.29, 0.717) is 19.0 Å². The van der Waals surface area contributed by atoms with Crippen LogP contribution in [-0.2, 0) is 24.3 Å². The average molecular weight is 263 g/mol. The van der Waals surface area contributed by atoms with E-state index in [2.05, 4.69) is 5.16 Å². The lowest BCUT2D eigenvalue weighted by molar-refractivity contribution is -0.137. The molecule has 1 aromatic heterocycles. The van der Waals surface area contributed by atoms with Crippen molar-refractivity contribution in [1.29, 1.82) is 0 Å². The number of carbonyl (C=O) groups excluding carboxylic acids is 1. The van der Waals surface area contributed by atoms with Crippen molar-refractivity contribution in [2.45, 2.75) is 51.6 Å². The van der Waals surface area contributed by atoms with Gasteiger partial charge in [-0.3, -0.25) is 4.79 Å². The number of hydrogen-bond donors (Lipinski definition) is 1. The van der Waals surface area contributed by atoms with Gasteiger partial charge in [0.1, 0.15) is 0 Å². The van der Waals surface area contributed by atoms with Gasteiger partial charge in [-0.25, -0.2) is 0 Å². The Morgan fingerprint density at radius 2 is 2.16 bits per heavy atom. The molecule has 1 aromatic rings. The summed E-state index contributed by atoms with van der Waals surface area (Å²) < 4.78 is 5.23. The molecule has 0 atom stereocenters. The summed E-state index contributed by atoms with van der Waals surface area (Å²) in [5.41, 5.74) is 7.66. The molecule has 0 unspecified atom stereocenters. The Labute approximate surface area is 113 Å². The summed E-state index contributed by atoms with van der Waals surface area (Å²) in [7, 11) is 0. The number of rotatable bonds is 2. The summed E-state index contributed by atoms with van der Waals surface area (Å²) in [6.45, 7) is 1.74. The van der Waals surface area contributed by atoms with Crippen LogP contribution < -0.4 is 5.73 Å². The molecule has 0 radical (unpaired) electrons. The number of amides is 1. The Morgan fingerprint density at radius 3 is 2.89 bits per heavy atom. The molecular weight excluding hydrogens is 242 g/mol. The molecule has 2 heterocycles. The van der Waals surface area contributed by atoms with Crippen molar-refractivity contribution in [3.05, 3.63) is 17.0 Å². The van der Waals surface area contributed by atoms with Gasteiger partial charge < -0.3 is 15.2 Å². The molecule has 1 saturated carbocycles. The van der Waals surface area contributed by atoms with E-state index in [4.69, 9.17) is 10.3 Å². The number of fused-ring (bicyclic) bond motifs is 1. The molecular formula is C14H21N3O2. The maximum absolute atomic E-state index is 12.5. The molecule has 1 amide bonds. The quantitative estimate of drug-likeness (QED) is 0.879. The van der Waals surface area contributed by atoms with Crippen molar-refractivity contribution in [1.82, 2.24) is 10.1 Å². The highest BCUT2D eigenvalue weighted by Crippen LogP contribution is 2.28. The van der Waals surface area contributed by atoms with Gasteiger partial charge in [0.2, 0.25) is 5.91 Å². The molecule has 0 spiro atoms. The van der Waals surface area contributed by atoms with Crippen LogP contribution in [0.2, 0.25) is 0 Å². The van der Waals surface area contributed by atoms with E-state index in [1.165, 1.54) is 19.3 Å². The van der Waals surface area contributed by atoms with E-state index in [-0.39, 0.29) is 5.92 Å². The fourth-order valence-electron chi connectivity index (χ4n) is 3.22. The minimum Gasteiger partial charge on any atom is -0.359 e. The van der Waals surface area contributed by atoms with Crippen molar-refractivity contribution in [2.75, 3.05) is 6.54 Å². The van der Waals surface area contributed by atoms with E-state index < -0.39 is 0 Å². The van der Waals surface area contributed by atoms with E-state index >= 15 is 0 Å². The maximum Gasteiger partial charge on any atom is 0.225 e. The van der Waals surface area contributed by atoms with Gasteiger partial charge >= 0.3 is 0 Å². The predicted molar refractivity (Wildman–Crippen MR) is 70.1 cm³/mol. The third-order valence-electron chi connectivity index (χ3n) is 4.37.